The molecule has 0 spiro atoms. The van der Waals surface area contributed by atoms with E-state index < -0.39 is 35.8 Å². The first kappa shape index (κ1) is 21.6. The molecule has 2 N–H and O–H groups in total. The van der Waals surface area contributed by atoms with E-state index in [9.17, 15) is 19.2 Å². The molecule has 0 heterocycles. The van der Waals surface area contributed by atoms with Crippen LogP contribution in [0.2, 0.25) is 0 Å². The topological polar surface area (TPSA) is 111 Å². The molecule has 0 radical (unpaired) electrons. The molecule has 0 aromatic heterocycles. The molecule has 2 amide bonds. The SMILES string of the molecule is COC(=O)[C@@H](NC(=O)/C=C\C(=O)N[C@H](C(=O)OC)C(C)C)C(C)C. The van der Waals surface area contributed by atoms with Gasteiger partial charge in [-0.05, 0) is 11.8 Å². The summed E-state index contributed by atoms with van der Waals surface area (Å²) in [5.41, 5.74) is 0. The van der Waals surface area contributed by atoms with Crippen molar-refractivity contribution in [3.8, 4) is 0 Å². The van der Waals surface area contributed by atoms with Crippen LogP contribution in [0.15, 0.2) is 12.2 Å². The van der Waals surface area contributed by atoms with Crippen molar-refractivity contribution in [2.24, 2.45) is 11.8 Å². The summed E-state index contributed by atoms with van der Waals surface area (Å²) in [6, 6.07) is -1.62. The Morgan fingerprint density at radius 2 is 1.00 bits per heavy atom. The van der Waals surface area contributed by atoms with Gasteiger partial charge in [-0.3, -0.25) is 9.59 Å². The maximum absolute atomic E-state index is 11.8. The number of nitrogens with one attached hydrogen (secondary N) is 2. The quantitative estimate of drug-likeness (QED) is 0.480. The molecule has 0 rings (SSSR count). The molecular weight excluding hydrogens is 316 g/mol. The molecule has 2 atom stereocenters. The van der Waals surface area contributed by atoms with Crippen LogP contribution in [0.25, 0.3) is 0 Å². The Bertz CT molecular complexity index is 455. The number of hydrogen-bond acceptors (Lipinski definition) is 6. The minimum atomic E-state index is -0.811. The fraction of sp³-hybridized carbons (Fsp3) is 0.625. The Morgan fingerprint density at radius 3 is 1.21 bits per heavy atom. The van der Waals surface area contributed by atoms with Gasteiger partial charge in [0.05, 0.1) is 14.2 Å². The molecule has 0 aliphatic carbocycles. The van der Waals surface area contributed by atoms with Crippen molar-refractivity contribution in [3.05, 3.63) is 12.2 Å². The molecule has 0 unspecified atom stereocenters. The summed E-state index contributed by atoms with van der Waals surface area (Å²) < 4.78 is 9.22. The first-order valence-electron chi connectivity index (χ1n) is 7.58. The van der Waals surface area contributed by atoms with E-state index in [1.54, 1.807) is 27.7 Å². The first-order chi connectivity index (χ1) is 11.1. The Kier molecular flexibility index (Phi) is 9.37. The van der Waals surface area contributed by atoms with E-state index in [0.717, 1.165) is 12.2 Å². The lowest BCUT2D eigenvalue weighted by Crippen LogP contribution is -2.45. The van der Waals surface area contributed by atoms with Crippen LogP contribution in [0.4, 0.5) is 0 Å². The molecule has 0 bridgehead atoms. The van der Waals surface area contributed by atoms with E-state index in [1.807, 2.05) is 0 Å². The van der Waals surface area contributed by atoms with Gasteiger partial charge in [0, 0.05) is 12.2 Å². The number of carbonyl (C=O) groups is 4. The van der Waals surface area contributed by atoms with E-state index in [4.69, 9.17) is 0 Å². The third-order valence-electron chi connectivity index (χ3n) is 3.23. The van der Waals surface area contributed by atoms with E-state index in [2.05, 4.69) is 20.1 Å². The van der Waals surface area contributed by atoms with Gasteiger partial charge in [-0.2, -0.15) is 0 Å². The standard InChI is InChI=1S/C16H26N2O6/c1-9(2)13(15(21)23-5)17-11(19)7-8-12(20)18-14(10(3)4)16(22)24-6/h7-10,13-14H,1-6H3,(H,17,19)(H,18,20)/b8-7-/t13-,14-/m0/s1. The van der Waals surface area contributed by atoms with Crippen LogP contribution in [0.5, 0.6) is 0 Å². The second-order valence-corrected chi connectivity index (χ2v) is 5.84. The number of rotatable bonds is 8. The number of amides is 2. The van der Waals surface area contributed by atoms with Crippen molar-refractivity contribution >= 4 is 23.8 Å². The lowest BCUT2D eigenvalue weighted by atomic mass is 10.0. The maximum atomic E-state index is 11.8. The fourth-order valence-corrected chi connectivity index (χ4v) is 1.80. The minimum Gasteiger partial charge on any atom is -0.467 e. The van der Waals surface area contributed by atoms with E-state index in [0.29, 0.717) is 0 Å². The molecule has 0 aromatic carbocycles. The number of esters is 2. The average Bonchev–Trinajstić information content (AvgIpc) is 2.53. The van der Waals surface area contributed by atoms with Gasteiger partial charge in [0.25, 0.3) is 0 Å². The highest BCUT2D eigenvalue weighted by molar-refractivity contribution is 5.99. The zero-order chi connectivity index (χ0) is 18.9. The number of carbonyl (C=O) groups excluding carboxylic acids is 4. The summed E-state index contributed by atoms with van der Waals surface area (Å²) in [5.74, 6) is -2.72. The van der Waals surface area contributed by atoms with Crippen LogP contribution in [-0.4, -0.2) is 50.1 Å². The fourth-order valence-electron chi connectivity index (χ4n) is 1.80. The van der Waals surface area contributed by atoms with Crippen molar-refractivity contribution < 1.29 is 28.7 Å². The van der Waals surface area contributed by atoms with Crippen molar-refractivity contribution in [3.63, 3.8) is 0 Å². The van der Waals surface area contributed by atoms with Crippen LogP contribution < -0.4 is 10.6 Å². The molecule has 8 nitrogen and oxygen atoms in total. The van der Waals surface area contributed by atoms with Crippen molar-refractivity contribution in [2.45, 2.75) is 39.8 Å². The molecule has 136 valence electrons. The number of ether oxygens (including phenoxy) is 2. The summed E-state index contributed by atoms with van der Waals surface area (Å²) in [5, 5.41) is 4.92. The Labute approximate surface area is 141 Å². The molecule has 8 heteroatoms. The van der Waals surface area contributed by atoms with Crippen molar-refractivity contribution in [2.75, 3.05) is 14.2 Å². The summed E-state index contributed by atoms with van der Waals surface area (Å²) >= 11 is 0. The lowest BCUT2D eigenvalue weighted by Gasteiger charge is -2.19. The third kappa shape index (κ3) is 7.26. The molecular formula is C16H26N2O6. The molecule has 0 fully saturated rings. The largest absolute Gasteiger partial charge is 0.467 e. The van der Waals surface area contributed by atoms with Gasteiger partial charge >= 0.3 is 11.9 Å². The van der Waals surface area contributed by atoms with Crippen LogP contribution in [-0.2, 0) is 28.7 Å². The van der Waals surface area contributed by atoms with Gasteiger partial charge in [0.2, 0.25) is 11.8 Å². The van der Waals surface area contributed by atoms with Gasteiger partial charge in [0.15, 0.2) is 0 Å². The molecule has 0 aliphatic rings. The molecule has 0 aromatic rings. The van der Waals surface area contributed by atoms with Crippen molar-refractivity contribution in [1.82, 2.24) is 10.6 Å². The monoisotopic (exact) mass is 342 g/mol. The molecule has 0 saturated carbocycles. The van der Waals surface area contributed by atoms with Gasteiger partial charge in [-0.1, -0.05) is 27.7 Å². The Balaban J connectivity index is 4.76. The maximum Gasteiger partial charge on any atom is 0.328 e. The zero-order valence-electron chi connectivity index (χ0n) is 14.9. The first-order valence-corrected chi connectivity index (χ1v) is 7.58. The van der Waals surface area contributed by atoms with E-state index in [1.165, 1.54) is 14.2 Å². The van der Waals surface area contributed by atoms with Gasteiger partial charge < -0.3 is 20.1 Å². The highest BCUT2D eigenvalue weighted by atomic mass is 16.5. The summed E-state index contributed by atoms with van der Waals surface area (Å²) in [6.45, 7) is 7.01. The number of methoxy groups -OCH3 is 2. The van der Waals surface area contributed by atoms with Crippen LogP contribution in [0, 0.1) is 11.8 Å². The normalized spacial score (nSPS) is 13.5. The second kappa shape index (κ2) is 10.4. The number of hydrogen-bond donors (Lipinski definition) is 2. The smallest absolute Gasteiger partial charge is 0.328 e. The predicted octanol–water partition coefficient (Wildman–Crippen LogP) is 0.170. The van der Waals surface area contributed by atoms with Crippen molar-refractivity contribution in [1.29, 1.82) is 0 Å². The summed E-state index contributed by atoms with van der Waals surface area (Å²) in [6.07, 6.45) is 1.98. The van der Waals surface area contributed by atoms with Gasteiger partial charge in [-0.15, -0.1) is 0 Å². The summed E-state index contributed by atoms with van der Waals surface area (Å²) in [4.78, 5) is 46.8. The van der Waals surface area contributed by atoms with E-state index in [-0.39, 0.29) is 11.8 Å². The molecule has 0 saturated heterocycles. The molecule has 24 heavy (non-hydrogen) atoms. The van der Waals surface area contributed by atoms with Crippen LogP contribution >= 0.6 is 0 Å². The van der Waals surface area contributed by atoms with E-state index >= 15 is 0 Å². The average molecular weight is 342 g/mol. The minimum absolute atomic E-state index is 0.173. The summed E-state index contributed by atoms with van der Waals surface area (Å²) in [7, 11) is 2.46. The van der Waals surface area contributed by atoms with Gasteiger partial charge in [0.1, 0.15) is 12.1 Å². The predicted molar refractivity (Wildman–Crippen MR) is 86.7 cm³/mol. The Hall–Kier alpha value is -2.38. The van der Waals surface area contributed by atoms with Crippen LogP contribution in [0.1, 0.15) is 27.7 Å². The van der Waals surface area contributed by atoms with Gasteiger partial charge in [-0.25, -0.2) is 9.59 Å². The second-order valence-electron chi connectivity index (χ2n) is 5.84. The Morgan fingerprint density at radius 1 is 0.708 bits per heavy atom. The highest BCUT2D eigenvalue weighted by Crippen LogP contribution is 2.04. The zero-order valence-corrected chi connectivity index (χ0v) is 14.9. The lowest BCUT2D eigenvalue weighted by molar-refractivity contribution is -0.146. The highest BCUT2D eigenvalue weighted by Gasteiger charge is 2.25. The third-order valence-corrected chi connectivity index (χ3v) is 3.23. The van der Waals surface area contributed by atoms with Crippen LogP contribution in [0.3, 0.4) is 0 Å². The molecule has 0 aliphatic heterocycles.